The van der Waals surface area contributed by atoms with Gasteiger partial charge in [-0.25, -0.2) is 0 Å². The van der Waals surface area contributed by atoms with Crippen LogP contribution in [0, 0.1) is 0 Å². The largest absolute Gasteiger partial charge is 0.355 e. The Kier molecular flexibility index (Phi) is 10.8. The summed E-state index contributed by atoms with van der Waals surface area (Å²) < 4.78 is 0. The summed E-state index contributed by atoms with van der Waals surface area (Å²) in [7, 11) is 0. The summed E-state index contributed by atoms with van der Waals surface area (Å²) in [4.78, 5) is 2.29. The lowest BCUT2D eigenvalue weighted by molar-refractivity contribution is 1.28. The minimum atomic E-state index is 1.01. The van der Waals surface area contributed by atoms with Gasteiger partial charge in [0.05, 0.1) is 0 Å². The minimum Gasteiger partial charge on any atom is -0.355 e. The lowest BCUT2D eigenvalue weighted by Gasteiger charge is -2.25. The average Bonchev–Trinajstić information content (AvgIpc) is 3.34. The van der Waals surface area contributed by atoms with E-state index in [2.05, 4.69) is 271 Å². The van der Waals surface area contributed by atoms with Gasteiger partial charge in [0.1, 0.15) is 0 Å². The fourth-order valence-corrected chi connectivity index (χ4v) is 8.45. The number of fused-ring (bicyclic) bond motifs is 2. The molecule has 2 heteroatoms. The molecule has 0 fully saturated rings. The number of anilines is 5. The molecule has 0 aliphatic rings. The Morgan fingerprint density at radius 1 is 0.403 bits per heavy atom. The van der Waals surface area contributed by atoms with Gasteiger partial charge >= 0.3 is 0 Å². The highest BCUT2D eigenvalue weighted by molar-refractivity contribution is 6.13. The first-order chi connectivity index (χ1) is 30.7. The van der Waals surface area contributed by atoms with Gasteiger partial charge in [-0.1, -0.05) is 194 Å². The molecule has 10 aromatic rings. The number of rotatable bonds is 11. The second-order valence-electron chi connectivity index (χ2n) is 15.4. The Morgan fingerprint density at radius 2 is 0.887 bits per heavy atom. The zero-order valence-corrected chi connectivity index (χ0v) is 34.3. The number of nitrogens with one attached hydrogen (secondary N) is 1. The number of benzene rings is 10. The summed E-state index contributed by atoms with van der Waals surface area (Å²) in [6.07, 6.45) is 6.55. The number of para-hydroxylation sites is 2. The smallest absolute Gasteiger partial charge is 0.0464 e. The molecule has 10 rings (SSSR count). The minimum absolute atomic E-state index is 1.01. The molecule has 0 saturated heterocycles. The van der Waals surface area contributed by atoms with Crippen LogP contribution in [-0.4, -0.2) is 0 Å². The summed E-state index contributed by atoms with van der Waals surface area (Å²) in [6, 6.07) is 86.5. The predicted octanol–water partition coefficient (Wildman–Crippen LogP) is 16.7. The van der Waals surface area contributed by atoms with E-state index in [0.717, 1.165) is 45.1 Å². The van der Waals surface area contributed by atoms with Crippen LogP contribution >= 0.6 is 0 Å². The van der Waals surface area contributed by atoms with Gasteiger partial charge in [0, 0.05) is 34.0 Å². The predicted molar refractivity (Wildman–Crippen MR) is 266 cm³/mol. The number of nitrogens with zero attached hydrogens (tertiary/aromatic N) is 1. The third kappa shape index (κ3) is 8.06. The second kappa shape index (κ2) is 17.6. The molecule has 0 radical (unpaired) electrons. The van der Waals surface area contributed by atoms with Gasteiger partial charge in [-0.15, -0.1) is 0 Å². The van der Waals surface area contributed by atoms with E-state index in [1.807, 2.05) is 0 Å². The van der Waals surface area contributed by atoms with Crippen LogP contribution in [0.1, 0.15) is 16.7 Å². The highest BCUT2D eigenvalue weighted by Crippen LogP contribution is 2.41. The molecule has 0 aliphatic heterocycles. The van der Waals surface area contributed by atoms with Crippen LogP contribution in [0.5, 0.6) is 0 Å². The maximum Gasteiger partial charge on any atom is 0.0464 e. The Morgan fingerprint density at radius 3 is 1.45 bits per heavy atom. The third-order valence-corrected chi connectivity index (χ3v) is 11.5. The molecule has 0 amide bonds. The van der Waals surface area contributed by atoms with E-state index in [9.17, 15) is 0 Å². The number of hydrogen-bond acceptors (Lipinski definition) is 2. The summed E-state index contributed by atoms with van der Waals surface area (Å²) >= 11 is 0. The first kappa shape index (κ1) is 38.0. The van der Waals surface area contributed by atoms with E-state index in [1.54, 1.807) is 0 Å². The summed E-state index contributed by atoms with van der Waals surface area (Å²) in [5, 5.41) is 8.78. The van der Waals surface area contributed by atoms with E-state index in [1.165, 1.54) is 49.4 Å². The lowest BCUT2D eigenvalue weighted by atomic mass is 9.90. The van der Waals surface area contributed by atoms with Crippen LogP contribution in [0.2, 0.25) is 0 Å². The van der Waals surface area contributed by atoms with Crippen LogP contribution in [0.4, 0.5) is 28.4 Å². The van der Waals surface area contributed by atoms with Crippen LogP contribution < -0.4 is 10.2 Å². The van der Waals surface area contributed by atoms with E-state index in [4.69, 9.17) is 0 Å². The van der Waals surface area contributed by atoms with Gasteiger partial charge in [-0.3, -0.25) is 0 Å². The highest BCUT2D eigenvalue weighted by atomic mass is 15.1. The Balaban J connectivity index is 1.03. The van der Waals surface area contributed by atoms with E-state index >= 15 is 0 Å². The molecule has 62 heavy (non-hydrogen) atoms. The van der Waals surface area contributed by atoms with E-state index in [-0.39, 0.29) is 0 Å². The van der Waals surface area contributed by atoms with Gasteiger partial charge < -0.3 is 10.2 Å². The molecule has 0 aromatic heterocycles. The molecule has 0 heterocycles. The van der Waals surface area contributed by atoms with Gasteiger partial charge in [0.2, 0.25) is 0 Å². The van der Waals surface area contributed by atoms with Crippen molar-refractivity contribution in [2.24, 2.45) is 0 Å². The fraction of sp³-hybridized carbons (Fsp3) is 0. The maximum atomic E-state index is 3.82. The van der Waals surface area contributed by atoms with Gasteiger partial charge in [0.25, 0.3) is 0 Å². The molecule has 0 atom stereocenters. The maximum absolute atomic E-state index is 3.82. The Bertz CT molecular complexity index is 3020. The lowest BCUT2D eigenvalue weighted by Crippen LogP contribution is -2.09. The quantitative estimate of drug-likeness (QED) is 0.104. The average molecular weight is 793 g/mol. The summed E-state index contributed by atoms with van der Waals surface area (Å²) in [6.45, 7) is 0. The van der Waals surface area contributed by atoms with Crippen LogP contribution in [0.15, 0.2) is 255 Å². The molecular formula is C60H44N2. The molecule has 10 aromatic carbocycles. The molecule has 294 valence electrons. The summed E-state index contributed by atoms with van der Waals surface area (Å²) in [5.41, 5.74) is 14.8. The second-order valence-corrected chi connectivity index (χ2v) is 15.4. The molecular weight excluding hydrogens is 749 g/mol. The van der Waals surface area contributed by atoms with Gasteiger partial charge in [0.15, 0.2) is 0 Å². The zero-order chi connectivity index (χ0) is 41.5. The monoisotopic (exact) mass is 792 g/mol. The van der Waals surface area contributed by atoms with Crippen molar-refractivity contribution in [1.82, 2.24) is 0 Å². The molecule has 0 bridgehead atoms. The zero-order valence-electron chi connectivity index (χ0n) is 34.3. The molecule has 0 aliphatic carbocycles. The van der Waals surface area contributed by atoms with Crippen molar-refractivity contribution in [3.8, 4) is 22.3 Å². The van der Waals surface area contributed by atoms with Gasteiger partial charge in [-0.05, 0) is 127 Å². The topological polar surface area (TPSA) is 15.3 Å². The molecule has 0 unspecified atom stereocenters. The Labute approximate surface area is 364 Å². The molecule has 1 N–H and O–H groups in total. The van der Waals surface area contributed by atoms with Crippen LogP contribution in [0.3, 0.4) is 0 Å². The highest BCUT2D eigenvalue weighted by Gasteiger charge is 2.16. The van der Waals surface area contributed by atoms with E-state index in [0.29, 0.717) is 0 Å². The SMILES string of the molecule is C(=Cc1ccc(-c2cc(-c3c4ccccc4cc4ccccc34)ccc2Nc2ccc(N(c3ccccc3)c3ccccc3)cc2)cc1)C=C(c1ccccc1)c1ccccc1. The van der Waals surface area contributed by atoms with E-state index < -0.39 is 0 Å². The third-order valence-electron chi connectivity index (χ3n) is 11.5. The van der Waals surface area contributed by atoms with Gasteiger partial charge in [-0.2, -0.15) is 0 Å². The van der Waals surface area contributed by atoms with Crippen LogP contribution in [0.25, 0.3) is 55.4 Å². The van der Waals surface area contributed by atoms with Crippen molar-refractivity contribution in [1.29, 1.82) is 0 Å². The molecule has 2 nitrogen and oxygen atoms in total. The first-order valence-electron chi connectivity index (χ1n) is 21.2. The first-order valence-corrected chi connectivity index (χ1v) is 21.2. The van der Waals surface area contributed by atoms with Crippen LogP contribution in [-0.2, 0) is 0 Å². The Hall–Kier alpha value is -8.20. The number of allylic oxidation sites excluding steroid dienone is 2. The van der Waals surface area contributed by atoms with Crippen molar-refractivity contribution >= 4 is 61.6 Å². The standard InChI is InChI=1S/C60H44N2/c1-5-19-45(20-6-1)55(46-21-7-2-8-22-46)31-17-18-44-32-34-47(35-33-44)58-43-50(60-56-29-15-13-23-48(56)42-49-24-14-16-30-57(49)60)36-41-59(58)61-51-37-39-54(40-38-51)62(52-25-9-3-10-26-52)53-27-11-4-12-28-53/h1-43,61H. The molecule has 0 saturated carbocycles. The normalized spacial score (nSPS) is 11.2. The van der Waals surface area contributed by atoms with Crippen molar-refractivity contribution in [2.75, 3.05) is 10.2 Å². The van der Waals surface area contributed by atoms with Crippen molar-refractivity contribution in [2.45, 2.75) is 0 Å². The van der Waals surface area contributed by atoms with Crippen molar-refractivity contribution in [3.05, 3.63) is 271 Å². The summed E-state index contributed by atoms with van der Waals surface area (Å²) in [5.74, 6) is 0. The molecule has 0 spiro atoms. The van der Waals surface area contributed by atoms with Crippen molar-refractivity contribution in [3.63, 3.8) is 0 Å². The van der Waals surface area contributed by atoms with Crippen molar-refractivity contribution < 1.29 is 0 Å². The fourth-order valence-electron chi connectivity index (χ4n) is 8.45. The number of hydrogen-bond donors (Lipinski definition) is 1.